The van der Waals surface area contributed by atoms with Crippen LogP contribution >= 0.6 is 0 Å². The second-order valence-electron chi connectivity index (χ2n) is 7.00. The molecule has 5 nitrogen and oxygen atoms in total. The van der Waals surface area contributed by atoms with Crippen LogP contribution in [-0.2, 0) is 0 Å². The van der Waals surface area contributed by atoms with Gasteiger partial charge in [0.25, 0.3) is 5.91 Å². The lowest BCUT2D eigenvalue weighted by Gasteiger charge is -2.26. The molecule has 0 aliphatic carbocycles. The first-order valence-corrected chi connectivity index (χ1v) is 9.50. The van der Waals surface area contributed by atoms with Crippen molar-refractivity contribution in [1.82, 2.24) is 5.32 Å². The van der Waals surface area contributed by atoms with Gasteiger partial charge in [0.1, 0.15) is 5.75 Å². The van der Waals surface area contributed by atoms with Crippen LogP contribution in [0.5, 0.6) is 17.2 Å². The maximum absolute atomic E-state index is 12.8. The third kappa shape index (κ3) is 4.73. The van der Waals surface area contributed by atoms with E-state index in [2.05, 4.69) is 19.2 Å². The molecule has 0 aromatic heterocycles. The molecular formula is C22H27NO4. The molecular weight excluding hydrogens is 342 g/mol. The van der Waals surface area contributed by atoms with Gasteiger partial charge in [0.2, 0.25) is 0 Å². The number of ether oxygens (including phenoxy) is 3. The van der Waals surface area contributed by atoms with Crippen LogP contribution in [0.25, 0.3) is 0 Å². The molecule has 0 spiro atoms. The zero-order valence-corrected chi connectivity index (χ0v) is 16.2. The van der Waals surface area contributed by atoms with Gasteiger partial charge in [-0.15, -0.1) is 0 Å². The van der Waals surface area contributed by atoms with Crippen LogP contribution < -0.4 is 19.5 Å². The molecule has 1 amide bonds. The quantitative estimate of drug-likeness (QED) is 0.787. The number of rotatable bonds is 7. The fourth-order valence-corrected chi connectivity index (χ4v) is 3.03. The highest BCUT2D eigenvalue weighted by Gasteiger charge is 2.23. The predicted octanol–water partition coefficient (Wildman–Crippen LogP) is 4.37. The number of carbonyl (C=O) groups excluding carboxylic acids is 1. The molecule has 0 unspecified atom stereocenters. The average molecular weight is 369 g/mol. The highest BCUT2D eigenvalue weighted by atomic mass is 16.5. The van der Waals surface area contributed by atoms with Gasteiger partial charge in [-0.05, 0) is 37.1 Å². The van der Waals surface area contributed by atoms with Gasteiger partial charge in [-0.3, -0.25) is 4.79 Å². The Morgan fingerprint density at radius 3 is 2.78 bits per heavy atom. The lowest BCUT2D eigenvalue weighted by molar-refractivity contribution is 0.0924. The Labute approximate surface area is 160 Å². The molecule has 27 heavy (non-hydrogen) atoms. The number of amides is 1. The summed E-state index contributed by atoms with van der Waals surface area (Å²) in [5, 5.41) is 3.12. The van der Waals surface area contributed by atoms with Crippen LogP contribution in [0.3, 0.4) is 0 Å². The van der Waals surface area contributed by atoms with Gasteiger partial charge in [-0.2, -0.15) is 0 Å². The minimum Gasteiger partial charge on any atom is -0.493 e. The van der Waals surface area contributed by atoms with Crippen molar-refractivity contribution < 1.29 is 19.0 Å². The van der Waals surface area contributed by atoms with Gasteiger partial charge < -0.3 is 19.5 Å². The van der Waals surface area contributed by atoms with E-state index in [9.17, 15) is 4.79 Å². The van der Waals surface area contributed by atoms with Crippen molar-refractivity contribution in [3.8, 4) is 17.2 Å². The normalized spacial score (nSPS) is 15.6. The van der Waals surface area contributed by atoms with Crippen LogP contribution in [0.2, 0.25) is 0 Å². The number of nitrogens with one attached hydrogen (secondary N) is 1. The van der Waals surface area contributed by atoms with Crippen molar-refractivity contribution in [1.29, 1.82) is 0 Å². The molecule has 2 aromatic carbocycles. The monoisotopic (exact) mass is 369 g/mol. The van der Waals surface area contributed by atoms with Gasteiger partial charge in [0.05, 0.1) is 25.9 Å². The molecule has 0 radical (unpaired) electrons. The summed E-state index contributed by atoms with van der Waals surface area (Å²) in [7, 11) is 0. The molecule has 1 heterocycles. The summed E-state index contributed by atoms with van der Waals surface area (Å²) in [4.78, 5) is 12.8. The maximum Gasteiger partial charge on any atom is 0.251 e. The van der Waals surface area contributed by atoms with Gasteiger partial charge in [0, 0.05) is 17.5 Å². The van der Waals surface area contributed by atoms with Crippen molar-refractivity contribution in [3.05, 3.63) is 53.6 Å². The fourth-order valence-electron chi connectivity index (χ4n) is 3.03. The summed E-state index contributed by atoms with van der Waals surface area (Å²) in [5.41, 5.74) is 1.57. The van der Waals surface area contributed by atoms with Crippen LogP contribution in [0.4, 0.5) is 0 Å². The van der Waals surface area contributed by atoms with Crippen molar-refractivity contribution in [3.63, 3.8) is 0 Å². The van der Waals surface area contributed by atoms with Crippen LogP contribution in [-0.4, -0.2) is 25.7 Å². The number of benzene rings is 2. The summed E-state index contributed by atoms with van der Waals surface area (Å²) in [5.74, 6) is 2.38. The molecule has 5 heteroatoms. The van der Waals surface area contributed by atoms with Gasteiger partial charge in [-0.25, -0.2) is 0 Å². The molecule has 1 N–H and O–H groups in total. The minimum absolute atomic E-state index is 0.0603. The number of fused-ring (bicyclic) bond motifs is 1. The van der Waals surface area contributed by atoms with Crippen LogP contribution in [0.15, 0.2) is 42.5 Å². The Hall–Kier alpha value is -2.69. The predicted molar refractivity (Wildman–Crippen MR) is 105 cm³/mol. The summed E-state index contributed by atoms with van der Waals surface area (Å²) in [6.45, 7) is 7.80. The van der Waals surface area contributed by atoms with E-state index in [1.807, 2.05) is 31.2 Å². The largest absolute Gasteiger partial charge is 0.493 e. The van der Waals surface area contributed by atoms with E-state index < -0.39 is 0 Å². The number of carbonyl (C=O) groups is 1. The summed E-state index contributed by atoms with van der Waals surface area (Å²) < 4.78 is 17.2. The molecule has 0 saturated heterocycles. The van der Waals surface area contributed by atoms with Gasteiger partial charge in [-0.1, -0.05) is 32.0 Å². The smallest absolute Gasteiger partial charge is 0.251 e. The van der Waals surface area contributed by atoms with Crippen LogP contribution in [0, 0.1) is 5.92 Å². The lowest BCUT2D eigenvalue weighted by atomic mass is 10.00. The molecule has 0 saturated carbocycles. The molecule has 1 aliphatic heterocycles. The molecule has 0 bridgehead atoms. The molecule has 3 rings (SSSR count). The zero-order valence-electron chi connectivity index (χ0n) is 16.2. The van der Waals surface area contributed by atoms with E-state index >= 15 is 0 Å². The fraction of sp³-hybridized carbons (Fsp3) is 0.409. The average Bonchev–Trinajstić information content (AvgIpc) is 2.67. The van der Waals surface area contributed by atoms with Crippen molar-refractivity contribution >= 4 is 5.91 Å². The third-order valence-electron chi connectivity index (χ3n) is 4.34. The summed E-state index contributed by atoms with van der Waals surface area (Å²) in [6.07, 6.45) is 0.747. The van der Waals surface area contributed by atoms with E-state index in [1.54, 1.807) is 18.2 Å². The van der Waals surface area contributed by atoms with Crippen molar-refractivity contribution in [2.45, 2.75) is 33.2 Å². The Morgan fingerprint density at radius 2 is 2.00 bits per heavy atom. The van der Waals surface area contributed by atoms with Gasteiger partial charge in [0.15, 0.2) is 11.5 Å². The number of hydrogen-bond acceptors (Lipinski definition) is 4. The summed E-state index contributed by atoms with van der Waals surface area (Å²) >= 11 is 0. The standard InChI is InChI=1S/C22H27NO4/c1-4-25-21-13-16(9-10-20(21)27-14-15(2)3)22(24)23-18-11-12-26-19-8-6-5-7-17(18)19/h5-10,13,15,18H,4,11-12,14H2,1-3H3,(H,23,24)/t18-/m0/s1. The second-order valence-corrected chi connectivity index (χ2v) is 7.00. The molecule has 1 atom stereocenters. The number of hydrogen-bond donors (Lipinski definition) is 1. The van der Waals surface area contributed by atoms with E-state index in [1.165, 1.54) is 0 Å². The SMILES string of the molecule is CCOc1cc(C(=O)N[C@H]2CCOc3ccccc32)ccc1OCC(C)C. The molecule has 2 aromatic rings. The topological polar surface area (TPSA) is 56.8 Å². The lowest BCUT2D eigenvalue weighted by Crippen LogP contribution is -2.32. The Morgan fingerprint density at radius 1 is 1.19 bits per heavy atom. The highest BCUT2D eigenvalue weighted by Crippen LogP contribution is 2.33. The molecule has 0 fully saturated rings. The summed E-state index contributed by atoms with van der Waals surface area (Å²) in [6, 6.07) is 13.1. The van der Waals surface area contributed by atoms with E-state index in [-0.39, 0.29) is 11.9 Å². The first-order chi connectivity index (χ1) is 13.1. The Bertz CT molecular complexity index is 788. The van der Waals surface area contributed by atoms with E-state index in [0.29, 0.717) is 42.8 Å². The van der Waals surface area contributed by atoms with Crippen molar-refractivity contribution in [2.75, 3.05) is 19.8 Å². The minimum atomic E-state index is -0.131. The highest BCUT2D eigenvalue weighted by molar-refractivity contribution is 5.95. The first-order valence-electron chi connectivity index (χ1n) is 9.50. The first kappa shape index (κ1) is 19.1. The third-order valence-corrected chi connectivity index (χ3v) is 4.34. The Kier molecular flexibility index (Phi) is 6.22. The zero-order chi connectivity index (χ0) is 19.2. The molecule has 1 aliphatic rings. The van der Waals surface area contributed by atoms with Gasteiger partial charge >= 0.3 is 0 Å². The second kappa shape index (κ2) is 8.80. The van der Waals surface area contributed by atoms with Crippen molar-refractivity contribution in [2.24, 2.45) is 5.92 Å². The number of para-hydroxylation sites is 1. The molecule has 144 valence electrons. The van der Waals surface area contributed by atoms with E-state index in [0.717, 1.165) is 17.7 Å². The van der Waals surface area contributed by atoms with Crippen LogP contribution in [0.1, 0.15) is 49.2 Å². The maximum atomic E-state index is 12.8. The Balaban J connectivity index is 1.76. The van der Waals surface area contributed by atoms with E-state index in [4.69, 9.17) is 14.2 Å².